The minimum Gasteiger partial charge on any atom is -0.377 e. The molecule has 1 fully saturated rings. The molecule has 100 valence electrons. The highest BCUT2D eigenvalue weighted by Crippen LogP contribution is 2.12. The first-order valence-electron chi connectivity index (χ1n) is 6.51. The lowest BCUT2D eigenvalue weighted by Crippen LogP contribution is -2.34. The summed E-state index contributed by atoms with van der Waals surface area (Å²) in [5.41, 5.74) is 0.410. The maximum Gasteiger partial charge on any atom is 0.131 e. The number of hydrogen-bond donors (Lipinski definition) is 1. The lowest BCUT2D eigenvalue weighted by Gasteiger charge is -2.23. The van der Waals surface area contributed by atoms with Gasteiger partial charge in [-0.05, 0) is 31.9 Å². The number of halogens is 2. The van der Waals surface area contributed by atoms with Gasteiger partial charge in [0.1, 0.15) is 11.6 Å². The Labute approximate surface area is 106 Å². The Kier molecular flexibility index (Phi) is 5.08. The molecule has 1 saturated heterocycles. The van der Waals surface area contributed by atoms with E-state index >= 15 is 0 Å². The van der Waals surface area contributed by atoms with Gasteiger partial charge in [-0.25, -0.2) is 8.78 Å². The van der Waals surface area contributed by atoms with Gasteiger partial charge in [0, 0.05) is 24.3 Å². The predicted molar refractivity (Wildman–Crippen MR) is 66.3 cm³/mol. The Morgan fingerprint density at radius 3 is 2.89 bits per heavy atom. The van der Waals surface area contributed by atoms with E-state index in [1.165, 1.54) is 31.4 Å². The quantitative estimate of drug-likeness (QED) is 0.817. The molecule has 0 spiro atoms. The highest BCUT2D eigenvalue weighted by molar-refractivity contribution is 5.17. The van der Waals surface area contributed by atoms with Crippen LogP contribution in [0.5, 0.6) is 0 Å². The molecular formula is C14H19F2NO. The summed E-state index contributed by atoms with van der Waals surface area (Å²) in [6.45, 7) is 1.89. The van der Waals surface area contributed by atoms with Crippen LogP contribution in [-0.4, -0.2) is 19.2 Å². The van der Waals surface area contributed by atoms with Crippen LogP contribution < -0.4 is 5.32 Å². The molecular weight excluding hydrogens is 236 g/mol. The van der Waals surface area contributed by atoms with Gasteiger partial charge in [-0.1, -0.05) is 12.5 Å². The van der Waals surface area contributed by atoms with Gasteiger partial charge >= 0.3 is 0 Å². The molecule has 1 unspecified atom stereocenters. The molecule has 1 N–H and O–H groups in total. The second-order valence-electron chi connectivity index (χ2n) is 4.72. The van der Waals surface area contributed by atoms with E-state index < -0.39 is 11.6 Å². The van der Waals surface area contributed by atoms with Crippen LogP contribution in [0.4, 0.5) is 8.78 Å². The molecule has 18 heavy (non-hydrogen) atoms. The fourth-order valence-electron chi connectivity index (χ4n) is 2.22. The Bertz CT molecular complexity index is 378. The zero-order valence-corrected chi connectivity index (χ0v) is 10.4. The monoisotopic (exact) mass is 255 g/mol. The summed E-state index contributed by atoms with van der Waals surface area (Å²) in [6, 6.07) is 4.10. The summed E-state index contributed by atoms with van der Waals surface area (Å²) in [5.74, 6) is -1.09. The van der Waals surface area contributed by atoms with Gasteiger partial charge in [0.05, 0.1) is 6.61 Å². The molecule has 0 bridgehead atoms. The molecule has 4 heteroatoms. The number of benzene rings is 1. The van der Waals surface area contributed by atoms with Crippen molar-refractivity contribution in [3.63, 3.8) is 0 Å². The van der Waals surface area contributed by atoms with Crippen molar-refractivity contribution in [3.05, 3.63) is 35.4 Å². The van der Waals surface area contributed by atoms with E-state index in [0.717, 1.165) is 19.0 Å². The molecule has 0 amide bonds. The molecule has 2 rings (SSSR count). The van der Waals surface area contributed by atoms with Crippen molar-refractivity contribution in [2.75, 3.05) is 13.2 Å². The summed E-state index contributed by atoms with van der Waals surface area (Å²) in [7, 11) is 0. The van der Waals surface area contributed by atoms with E-state index in [0.29, 0.717) is 18.2 Å². The van der Waals surface area contributed by atoms with Gasteiger partial charge in [-0.15, -0.1) is 0 Å². The third kappa shape index (κ3) is 4.03. The lowest BCUT2D eigenvalue weighted by atomic mass is 10.0. The summed E-state index contributed by atoms with van der Waals surface area (Å²) < 4.78 is 31.4. The van der Waals surface area contributed by atoms with Gasteiger partial charge in [0.2, 0.25) is 0 Å². The van der Waals surface area contributed by atoms with E-state index in [9.17, 15) is 8.78 Å². The van der Waals surface area contributed by atoms with Crippen LogP contribution >= 0.6 is 0 Å². The van der Waals surface area contributed by atoms with Crippen molar-refractivity contribution < 1.29 is 13.5 Å². The van der Waals surface area contributed by atoms with Crippen LogP contribution in [0.3, 0.4) is 0 Å². The molecule has 1 aliphatic rings. The van der Waals surface area contributed by atoms with Crippen molar-refractivity contribution in [2.24, 2.45) is 0 Å². The topological polar surface area (TPSA) is 21.3 Å². The summed E-state index contributed by atoms with van der Waals surface area (Å²) in [4.78, 5) is 0. The van der Waals surface area contributed by atoms with Gasteiger partial charge in [-0.3, -0.25) is 0 Å². The average Bonchev–Trinajstić information content (AvgIpc) is 2.38. The average molecular weight is 255 g/mol. The van der Waals surface area contributed by atoms with Crippen molar-refractivity contribution in [1.29, 1.82) is 0 Å². The molecule has 1 atom stereocenters. The number of nitrogens with one attached hydrogen (secondary N) is 1. The highest BCUT2D eigenvalue weighted by Gasteiger charge is 2.12. The number of ether oxygens (including phenoxy) is 1. The first kappa shape index (κ1) is 13.4. The third-order valence-corrected chi connectivity index (χ3v) is 3.30. The van der Waals surface area contributed by atoms with Crippen molar-refractivity contribution in [3.8, 4) is 0 Å². The fourth-order valence-corrected chi connectivity index (χ4v) is 2.22. The van der Waals surface area contributed by atoms with Crippen LogP contribution in [-0.2, 0) is 11.3 Å². The summed E-state index contributed by atoms with van der Waals surface area (Å²) in [5, 5.41) is 3.43. The molecule has 0 aliphatic carbocycles. The first-order chi connectivity index (χ1) is 8.75. The Balaban J connectivity index is 1.68. The largest absolute Gasteiger partial charge is 0.377 e. The standard InChI is InChI=1S/C14H19F2NO/c15-12-5-4-11(14(16)9-12)10-18-8-6-13-3-1-2-7-17-13/h4-5,9,13,17H,1-3,6-8,10H2. The molecule has 0 saturated carbocycles. The number of piperidine rings is 1. The van der Waals surface area contributed by atoms with E-state index in [-0.39, 0.29) is 6.61 Å². The van der Waals surface area contributed by atoms with Crippen molar-refractivity contribution in [1.82, 2.24) is 5.32 Å². The van der Waals surface area contributed by atoms with Crippen LogP contribution in [0.25, 0.3) is 0 Å². The minimum absolute atomic E-state index is 0.207. The van der Waals surface area contributed by atoms with Crippen LogP contribution in [0.2, 0.25) is 0 Å². The number of hydrogen-bond acceptors (Lipinski definition) is 2. The van der Waals surface area contributed by atoms with E-state index in [4.69, 9.17) is 4.74 Å². The molecule has 1 aromatic carbocycles. The highest BCUT2D eigenvalue weighted by atomic mass is 19.1. The van der Waals surface area contributed by atoms with Crippen LogP contribution in [0.15, 0.2) is 18.2 Å². The lowest BCUT2D eigenvalue weighted by molar-refractivity contribution is 0.106. The normalized spacial score (nSPS) is 20.0. The molecule has 2 nitrogen and oxygen atoms in total. The maximum atomic E-state index is 13.3. The zero-order chi connectivity index (χ0) is 12.8. The molecule has 0 aromatic heterocycles. The zero-order valence-electron chi connectivity index (χ0n) is 10.4. The molecule has 1 aromatic rings. The smallest absolute Gasteiger partial charge is 0.131 e. The summed E-state index contributed by atoms with van der Waals surface area (Å²) in [6.07, 6.45) is 4.65. The minimum atomic E-state index is -0.553. The van der Waals surface area contributed by atoms with Crippen LogP contribution in [0.1, 0.15) is 31.2 Å². The van der Waals surface area contributed by atoms with Gasteiger partial charge in [0.25, 0.3) is 0 Å². The fraction of sp³-hybridized carbons (Fsp3) is 0.571. The molecule has 1 aliphatic heterocycles. The Morgan fingerprint density at radius 1 is 1.28 bits per heavy atom. The van der Waals surface area contributed by atoms with Crippen molar-refractivity contribution in [2.45, 2.75) is 38.3 Å². The van der Waals surface area contributed by atoms with Crippen LogP contribution in [0, 0.1) is 11.6 Å². The van der Waals surface area contributed by atoms with Gasteiger partial charge in [-0.2, -0.15) is 0 Å². The SMILES string of the molecule is Fc1ccc(COCCC2CCCCN2)c(F)c1. The van der Waals surface area contributed by atoms with E-state index in [1.807, 2.05) is 0 Å². The number of rotatable bonds is 5. The molecule has 1 heterocycles. The molecule has 0 radical (unpaired) electrons. The van der Waals surface area contributed by atoms with Gasteiger partial charge in [0.15, 0.2) is 0 Å². The van der Waals surface area contributed by atoms with Gasteiger partial charge < -0.3 is 10.1 Å². The van der Waals surface area contributed by atoms with Crippen molar-refractivity contribution >= 4 is 0 Å². The predicted octanol–water partition coefficient (Wildman–Crippen LogP) is 3.01. The maximum absolute atomic E-state index is 13.3. The Morgan fingerprint density at radius 2 is 2.17 bits per heavy atom. The second kappa shape index (κ2) is 6.81. The van der Waals surface area contributed by atoms with E-state index in [1.54, 1.807) is 0 Å². The first-order valence-corrected chi connectivity index (χ1v) is 6.51. The Hall–Kier alpha value is -1.00. The van der Waals surface area contributed by atoms with E-state index in [2.05, 4.69) is 5.32 Å². The summed E-state index contributed by atoms with van der Waals surface area (Å²) >= 11 is 0. The third-order valence-electron chi connectivity index (χ3n) is 3.30. The second-order valence-corrected chi connectivity index (χ2v) is 4.72.